The number of aromatic nitrogens is 2. The number of para-hydroxylation sites is 2. The van der Waals surface area contributed by atoms with Crippen molar-refractivity contribution in [2.45, 2.75) is 26.7 Å². The van der Waals surface area contributed by atoms with Gasteiger partial charge >= 0.3 is 0 Å². The van der Waals surface area contributed by atoms with Gasteiger partial charge in [0.25, 0.3) is 5.91 Å². The van der Waals surface area contributed by atoms with Gasteiger partial charge in [-0.05, 0) is 43.3 Å². The summed E-state index contributed by atoms with van der Waals surface area (Å²) in [5, 5.41) is 6.81. The Kier molecular flexibility index (Phi) is 4.24. The van der Waals surface area contributed by atoms with Crippen LogP contribution in [0.15, 0.2) is 57.5 Å². The van der Waals surface area contributed by atoms with Crippen LogP contribution in [-0.4, -0.2) is 16.0 Å². The second-order valence-corrected chi connectivity index (χ2v) is 6.68. The number of rotatable bonds is 4. The van der Waals surface area contributed by atoms with E-state index >= 15 is 0 Å². The Hall–Kier alpha value is -3.41. The van der Waals surface area contributed by atoms with Gasteiger partial charge in [0, 0.05) is 17.2 Å². The molecule has 0 fully saturated rings. The maximum absolute atomic E-state index is 12.7. The molecule has 1 amide bonds. The number of nitrogens with zero attached hydrogens (tertiary/aromatic N) is 2. The number of nitrogens with one attached hydrogen (secondary N) is 1. The molecule has 2 aromatic heterocycles. The molecule has 0 aliphatic heterocycles. The molecular formula is C21H19N3O3. The average molecular weight is 361 g/mol. The van der Waals surface area contributed by atoms with Crippen molar-refractivity contribution in [3.63, 3.8) is 0 Å². The number of carbonyl (C=O) groups excluding carboxylic acids is 1. The van der Waals surface area contributed by atoms with E-state index in [1.165, 1.54) is 0 Å². The van der Waals surface area contributed by atoms with Gasteiger partial charge in [0.1, 0.15) is 11.1 Å². The van der Waals surface area contributed by atoms with E-state index in [1.54, 1.807) is 6.92 Å². The lowest BCUT2D eigenvalue weighted by Crippen LogP contribution is -2.14. The van der Waals surface area contributed by atoms with Crippen LogP contribution >= 0.6 is 0 Å². The molecule has 0 unspecified atom stereocenters. The zero-order valence-electron chi connectivity index (χ0n) is 15.3. The summed E-state index contributed by atoms with van der Waals surface area (Å²) < 4.78 is 11.1. The van der Waals surface area contributed by atoms with Crippen molar-refractivity contribution >= 4 is 22.7 Å². The third-order valence-corrected chi connectivity index (χ3v) is 4.32. The topological polar surface area (TPSA) is 81.2 Å². The molecule has 0 atom stereocenters. The third kappa shape index (κ3) is 3.21. The Morgan fingerprint density at radius 1 is 1.07 bits per heavy atom. The van der Waals surface area contributed by atoms with E-state index in [9.17, 15) is 4.79 Å². The van der Waals surface area contributed by atoms with Gasteiger partial charge in [-0.3, -0.25) is 4.79 Å². The molecule has 136 valence electrons. The summed E-state index contributed by atoms with van der Waals surface area (Å²) in [4.78, 5) is 17.1. The van der Waals surface area contributed by atoms with Crippen LogP contribution < -0.4 is 5.32 Å². The standard InChI is InChI=1S/C21H19N3O3/c1-12(2)19-18(13(3)24-27-19)20(25)22-15-10-8-14(9-11-15)21-23-16-6-4-5-7-17(16)26-21/h4-12H,1-3H3,(H,22,25). The molecule has 2 heterocycles. The zero-order chi connectivity index (χ0) is 19.0. The van der Waals surface area contributed by atoms with E-state index in [4.69, 9.17) is 8.94 Å². The highest BCUT2D eigenvalue weighted by Gasteiger charge is 2.22. The minimum absolute atomic E-state index is 0.0773. The summed E-state index contributed by atoms with van der Waals surface area (Å²) in [7, 11) is 0. The van der Waals surface area contributed by atoms with Crippen LogP contribution in [-0.2, 0) is 0 Å². The molecule has 1 N–H and O–H groups in total. The predicted octanol–water partition coefficient (Wildman–Crippen LogP) is 5.17. The summed E-state index contributed by atoms with van der Waals surface area (Å²) in [6.45, 7) is 5.69. The van der Waals surface area contributed by atoms with Gasteiger partial charge in [-0.2, -0.15) is 0 Å². The van der Waals surface area contributed by atoms with Gasteiger partial charge < -0.3 is 14.3 Å². The van der Waals surface area contributed by atoms with Crippen molar-refractivity contribution < 1.29 is 13.7 Å². The molecule has 0 aliphatic rings. The lowest BCUT2D eigenvalue weighted by molar-refractivity contribution is 0.102. The molecular weight excluding hydrogens is 342 g/mol. The fourth-order valence-corrected chi connectivity index (χ4v) is 2.94. The Morgan fingerprint density at radius 3 is 2.52 bits per heavy atom. The highest BCUT2D eigenvalue weighted by Crippen LogP contribution is 2.26. The Bertz CT molecular complexity index is 1070. The quantitative estimate of drug-likeness (QED) is 0.542. The van der Waals surface area contributed by atoms with Gasteiger partial charge in [0.05, 0.1) is 5.69 Å². The molecule has 0 aliphatic carbocycles. The van der Waals surface area contributed by atoms with Gasteiger partial charge in [-0.25, -0.2) is 4.98 Å². The summed E-state index contributed by atoms with van der Waals surface area (Å²) in [6.07, 6.45) is 0. The van der Waals surface area contributed by atoms with Gasteiger partial charge in [0.15, 0.2) is 11.3 Å². The first-order valence-corrected chi connectivity index (χ1v) is 8.76. The second-order valence-electron chi connectivity index (χ2n) is 6.68. The molecule has 4 rings (SSSR count). The number of oxazole rings is 1. The fraction of sp³-hybridized carbons (Fsp3) is 0.190. The Morgan fingerprint density at radius 2 is 1.81 bits per heavy atom. The van der Waals surface area contributed by atoms with E-state index < -0.39 is 0 Å². The highest BCUT2D eigenvalue weighted by atomic mass is 16.5. The molecule has 0 radical (unpaired) electrons. The van der Waals surface area contributed by atoms with Crippen LogP contribution in [0.2, 0.25) is 0 Å². The molecule has 6 heteroatoms. The lowest BCUT2D eigenvalue weighted by Gasteiger charge is -2.07. The molecule has 4 aromatic rings. The fourth-order valence-electron chi connectivity index (χ4n) is 2.94. The molecule has 0 bridgehead atoms. The van der Waals surface area contributed by atoms with Gasteiger partial charge in [0.2, 0.25) is 5.89 Å². The molecule has 0 saturated heterocycles. The average Bonchev–Trinajstić information content (AvgIpc) is 3.25. The van der Waals surface area contributed by atoms with Crippen LogP contribution in [0, 0.1) is 6.92 Å². The predicted molar refractivity (Wildman–Crippen MR) is 103 cm³/mol. The molecule has 2 aromatic carbocycles. The van der Waals surface area contributed by atoms with E-state index in [0.29, 0.717) is 28.6 Å². The molecule has 0 saturated carbocycles. The van der Waals surface area contributed by atoms with Crippen LogP contribution in [0.25, 0.3) is 22.6 Å². The van der Waals surface area contributed by atoms with Gasteiger partial charge in [-0.15, -0.1) is 0 Å². The summed E-state index contributed by atoms with van der Waals surface area (Å²) in [6, 6.07) is 15.0. The Balaban J connectivity index is 1.56. The second kappa shape index (κ2) is 6.72. The van der Waals surface area contributed by atoms with E-state index in [-0.39, 0.29) is 11.8 Å². The van der Waals surface area contributed by atoms with Crippen molar-refractivity contribution in [3.8, 4) is 11.5 Å². The largest absolute Gasteiger partial charge is 0.436 e. The van der Waals surface area contributed by atoms with Crippen LogP contribution in [0.1, 0.15) is 41.6 Å². The first-order chi connectivity index (χ1) is 13.0. The SMILES string of the molecule is Cc1noc(C(C)C)c1C(=O)Nc1ccc(-c2nc3ccccc3o2)cc1. The number of amides is 1. The lowest BCUT2D eigenvalue weighted by atomic mass is 10.0. The molecule has 0 spiro atoms. The van der Waals surface area contributed by atoms with Crippen LogP contribution in [0.5, 0.6) is 0 Å². The number of aryl methyl sites for hydroxylation is 1. The summed E-state index contributed by atoms with van der Waals surface area (Å²) in [5.41, 5.74) is 4.15. The van der Waals surface area contributed by atoms with Crippen LogP contribution in [0.3, 0.4) is 0 Å². The number of fused-ring (bicyclic) bond motifs is 1. The van der Waals surface area contributed by atoms with Crippen molar-refractivity contribution in [3.05, 3.63) is 65.5 Å². The molecule has 6 nitrogen and oxygen atoms in total. The van der Waals surface area contributed by atoms with Crippen LogP contribution in [0.4, 0.5) is 5.69 Å². The minimum atomic E-state index is -0.230. The van der Waals surface area contributed by atoms with Crippen molar-refractivity contribution in [2.75, 3.05) is 5.32 Å². The van der Waals surface area contributed by atoms with E-state index in [0.717, 1.165) is 16.7 Å². The van der Waals surface area contributed by atoms with E-state index in [2.05, 4.69) is 15.5 Å². The minimum Gasteiger partial charge on any atom is -0.436 e. The summed E-state index contributed by atoms with van der Waals surface area (Å²) in [5.74, 6) is 0.986. The number of anilines is 1. The monoisotopic (exact) mass is 361 g/mol. The normalized spacial score (nSPS) is 11.3. The smallest absolute Gasteiger partial charge is 0.261 e. The number of hydrogen-bond donors (Lipinski definition) is 1. The van der Waals surface area contributed by atoms with Gasteiger partial charge in [-0.1, -0.05) is 31.1 Å². The first kappa shape index (κ1) is 17.0. The van der Waals surface area contributed by atoms with E-state index in [1.807, 2.05) is 62.4 Å². The number of carbonyl (C=O) groups is 1. The highest BCUT2D eigenvalue weighted by molar-refractivity contribution is 6.05. The van der Waals surface area contributed by atoms with Crippen molar-refractivity contribution in [1.29, 1.82) is 0 Å². The maximum atomic E-state index is 12.7. The first-order valence-electron chi connectivity index (χ1n) is 8.76. The Labute approximate surface area is 156 Å². The van der Waals surface area contributed by atoms with Crippen molar-refractivity contribution in [1.82, 2.24) is 10.1 Å². The number of benzene rings is 2. The van der Waals surface area contributed by atoms with Crippen molar-refractivity contribution in [2.24, 2.45) is 0 Å². The zero-order valence-corrected chi connectivity index (χ0v) is 15.3. The molecule has 27 heavy (non-hydrogen) atoms. The summed E-state index contributed by atoms with van der Waals surface area (Å²) >= 11 is 0. The third-order valence-electron chi connectivity index (χ3n) is 4.32. The number of hydrogen-bond acceptors (Lipinski definition) is 5. The maximum Gasteiger partial charge on any atom is 0.261 e.